The molecule has 0 aliphatic heterocycles. The van der Waals surface area contributed by atoms with E-state index in [1.807, 2.05) is 31.2 Å². The first-order valence-corrected chi connectivity index (χ1v) is 3.67. The van der Waals surface area contributed by atoms with E-state index in [0.717, 1.165) is 17.0 Å². The number of benzene rings is 1. The monoisotopic (exact) mass is 164 g/mol. The van der Waals surface area contributed by atoms with Crippen molar-refractivity contribution in [2.24, 2.45) is 10.9 Å². The summed E-state index contributed by atoms with van der Waals surface area (Å²) < 4.78 is 5.05. The molecule has 1 aromatic rings. The molecule has 3 nitrogen and oxygen atoms in total. The van der Waals surface area contributed by atoms with Crippen LogP contribution in [-0.2, 0) is 0 Å². The van der Waals surface area contributed by atoms with E-state index in [1.165, 1.54) is 0 Å². The summed E-state index contributed by atoms with van der Waals surface area (Å²) in [6, 6.07) is 7.62. The van der Waals surface area contributed by atoms with Crippen LogP contribution in [0, 0.1) is 0 Å². The molecule has 3 heteroatoms. The van der Waals surface area contributed by atoms with Crippen LogP contribution in [0.3, 0.4) is 0 Å². The molecule has 0 heterocycles. The molecule has 1 aromatic carbocycles. The molecule has 0 atom stereocenters. The Balaban J connectivity index is 3.02. The van der Waals surface area contributed by atoms with Crippen LogP contribution in [0.5, 0.6) is 5.75 Å². The minimum absolute atomic E-state index is 0.800. The van der Waals surface area contributed by atoms with Crippen molar-refractivity contribution in [3.63, 3.8) is 0 Å². The zero-order chi connectivity index (χ0) is 8.97. The highest BCUT2D eigenvalue weighted by molar-refractivity contribution is 5.98. The van der Waals surface area contributed by atoms with Crippen LogP contribution in [0.25, 0.3) is 0 Å². The summed E-state index contributed by atoms with van der Waals surface area (Å²) in [5.41, 5.74) is 1.78. The van der Waals surface area contributed by atoms with Crippen LogP contribution in [0.4, 0.5) is 0 Å². The summed E-state index contributed by atoms with van der Waals surface area (Å²) in [5, 5.41) is 3.60. The zero-order valence-corrected chi connectivity index (χ0v) is 7.24. The standard InChI is InChI=1S/C9H12N2O/c1-7(11-10)8-4-3-5-9(6-8)12-2/h3-6H,10H2,1-2H3. The van der Waals surface area contributed by atoms with Gasteiger partial charge in [0.1, 0.15) is 5.75 Å². The maximum Gasteiger partial charge on any atom is 0.119 e. The number of rotatable bonds is 2. The van der Waals surface area contributed by atoms with Crippen molar-refractivity contribution >= 4 is 5.71 Å². The fourth-order valence-corrected chi connectivity index (χ4v) is 0.923. The smallest absolute Gasteiger partial charge is 0.119 e. The molecule has 0 spiro atoms. The first kappa shape index (κ1) is 8.59. The fraction of sp³-hybridized carbons (Fsp3) is 0.222. The van der Waals surface area contributed by atoms with E-state index in [9.17, 15) is 0 Å². The molecule has 0 amide bonds. The molecule has 0 saturated heterocycles. The Kier molecular flexibility index (Phi) is 2.69. The van der Waals surface area contributed by atoms with Crippen LogP contribution in [0.15, 0.2) is 29.4 Å². The van der Waals surface area contributed by atoms with Crippen molar-refractivity contribution in [1.29, 1.82) is 0 Å². The Morgan fingerprint density at radius 2 is 2.25 bits per heavy atom. The van der Waals surface area contributed by atoms with E-state index in [4.69, 9.17) is 10.6 Å². The Morgan fingerprint density at radius 3 is 2.83 bits per heavy atom. The van der Waals surface area contributed by atoms with E-state index in [-0.39, 0.29) is 0 Å². The average molecular weight is 164 g/mol. The third-order valence-electron chi connectivity index (χ3n) is 1.68. The van der Waals surface area contributed by atoms with E-state index in [1.54, 1.807) is 7.11 Å². The fourth-order valence-electron chi connectivity index (χ4n) is 0.923. The molecular weight excluding hydrogens is 152 g/mol. The van der Waals surface area contributed by atoms with E-state index < -0.39 is 0 Å². The number of nitrogens with zero attached hydrogens (tertiary/aromatic N) is 1. The lowest BCUT2D eigenvalue weighted by atomic mass is 10.1. The predicted molar refractivity (Wildman–Crippen MR) is 49.4 cm³/mol. The molecule has 0 fully saturated rings. The normalized spacial score (nSPS) is 11.3. The first-order valence-electron chi connectivity index (χ1n) is 3.67. The SMILES string of the molecule is COc1cccc(C(C)=NN)c1. The molecule has 64 valence electrons. The lowest BCUT2D eigenvalue weighted by Gasteiger charge is -2.02. The molecule has 0 aliphatic rings. The zero-order valence-electron chi connectivity index (χ0n) is 7.24. The number of ether oxygens (including phenoxy) is 1. The summed E-state index contributed by atoms with van der Waals surface area (Å²) >= 11 is 0. The van der Waals surface area contributed by atoms with E-state index in [0.29, 0.717) is 0 Å². The minimum Gasteiger partial charge on any atom is -0.497 e. The maximum atomic E-state index is 5.14. The Morgan fingerprint density at radius 1 is 1.50 bits per heavy atom. The summed E-state index contributed by atoms with van der Waals surface area (Å²) in [7, 11) is 1.63. The first-order chi connectivity index (χ1) is 5.77. The highest BCUT2D eigenvalue weighted by Crippen LogP contribution is 2.12. The van der Waals surface area contributed by atoms with Crippen LogP contribution in [0.1, 0.15) is 12.5 Å². The second kappa shape index (κ2) is 3.76. The topological polar surface area (TPSA) is 47.6 Å². The number of methoxy groups -OCH3 is 1. The van der Waals surface area contributed by atoms with Gasteiger partial charge in [0, 0.05) is 5.56 Å². The van der Waals surface area contributed by atoms with Gasteiger partial charge in [-0.1, -0.05) is 12.1 Å². The summed E-state index contributed by atoms with van der Waals surface area (Å²) in [4.78, 5) is 0. The summed E-state index contributed by atoms with van der Waals surface area (Å²) in [6.07, 6.45) is 0. The third kappa shape index (κ3) is 1.75. The molecule has 2 N–H and O–H groups in total. The highest BCUT2D eigenvalue weighted by Gasteiger charge is 1.97. The molecule has 1 rings (SSSR count). The van der Waals surface area contributed by atoms with Gasteiger partial charge >= 0.3 is 0 Å². The van der Waals surface area contributed by atoms with Crippen molar-refractivity contribution in [2.45, 2.75) is 6.92 Å². The van der Waals surface area contributed by atoms with Gasteiger partial charge in [-0.05, 0) is 19.1 Å². The Bertz CT molecular complexity index is 294. The van der Waals surface area contributed by atoms with Crippen molar-refractivity contribution in [2.75, 3.05) is 7.11 Å². The van der Waals surface area contributed by atoms with Crippen molar-refractivity contribution in [3.05, 3.63) is 29.8 Å². The Labute approximate surface area is 71.8 Å². The molecular formula is C9H12N2O. The molecule has 0 unspecified atom stereocenters. The number of nitrogens with two attached hydrogens (primary N) is 1. The van der Waals surface area contributed by atoms with Gasteiger partial charge in [0.25, 0.3) is 0 Å². The Hall–Kier alpha value is -1.51. The highest BCUT2D eigenvalue weighted by atomic mass is 16.5. The lowest BCUT2D eigenvalue weighted by molar-refractivity contribution is 0.414. The van der Waals surface area contributed by atoms with Gasteiger partial charge in [-0.2, -0.15) is 5.10 Å². The molecule has 0 radical (unpaired) electrons. The second-order valence-electron chi connectivity index (χ2n) is 2.45. The van der Waals surface area contributed by atoms with Crippen LogP contribution >= 0.6 is 0 Å². The van der Waals surface area contributed by atoms with Gasteiger partial charge in [0.05, 0.1) is 12.8 Å². The molecule has 0 aromatic heterocycles. The molecule has 12 heavy (non-hydrogen) atoms. The van der Waals surface area contributed by atoms with Crippen LogP contribution in [-0.4, -0.2) is 12.8 Å². The van der Waals surface area contributed by atoms with Gasteiger partial charge in [0.2, 0.25) is 0 Å². The van der Waals surface area contributed by atoms with Gasteiger partial charge < -0.3 is 10.6 Å². The predicted octanol–water partition coefficient (Wildman–Crippen LogP) is 1.38. The molecule has 0 bridgehead atoms. The quantitative estimate of drug-likeness (QED) is 0.408. The van der Waals surface area contributed by atoms with Gasteiger partial charge in [-0.25, -0.2) is 0 Å². The second-order valence-corrected chi connectivity index (χ2v) is 2.45. The molecule has 0 aliphatic carbocycles. The number of hydrogen-bond donors (Lipinski definition) is 1. The van der Waals surface area contributed by atoms with E-state index >= 15 is 0 Å². The minimum atomic E-state index is 0.800. The van der Waals surface area contributed by atoms with Gasteiger partial charge in [-0.15, -0.1) is 0 Å². The number of hydrogen-bond acceptors (Lipinski definition) is 3. The van der Waals surface area contributed by atoms with Crippen molar-refractivity contribution < 1.29 is 4.74 Å². The lowest BCUT2D eigenvalue weighted by Crippen LogP contribution is -1.98. The van der Waals surface area contributed by atoms with Crippen LogP contribution < -0.4 is 10.6 Å². The molecule has 0 saturated carbocycles. The maximum absolute atomic E-state index is 5.14. The van der Waals surface area contributed by atoms with Gasteiger partial charge in [-0.3, -0.25) is 0 Å². The van der Waals surface area contributed by atoms with Crippen LogP contribution in [0.2, 0.25) is 0 Å². The largest absolute Gasteiger partial charge is 0.497 e. The van der Waals surface area contributed by atoms with Crippen molar-refractivity contribution in [3.8, 4) is 5.75 Å². The third-order valence-corrected chi connectivity index (χ3v) is 1.68. The summed E-state index contributed by atoms with van der Waals surface area (Å²) in [5.74, 6) is 5.96. The van der Waals surface area contributed by atoms with E-state index in [2.05, 4.69) is 5.10 Å². The van der Waals surface area contributed by atoms with Gasteiger partial charge in [0.15, 0.2) is 0 Å². The summed E-state index contributed by atoms with van der Waals surface area (Å²) in [6.45, 7) is 1.86. The number of hydrazone groups is 1. The van der Waals surface area contributed by atoms with Crippen molar-refractivity contribution in [1.82, 2.24) is 0 Å². The average Bonchev–Trinajstić information content (AvgIpc) is 2.17.